The molecule has 1 aromatic heterocycles. The van der Waals surface area contributed by atoms with E-state index in [0.717, 1.165) is 11.3 Å². The first kappa shape index (κ1) is 20.2. The molecule has 3 aromatic rings. The average molecular weight is 426 g/mol. The molecule has 1 aliphatic heterocycles. The first-order chi connectivity index (χ1) is 14.4. The Balaban J connectivity index is 1.45. The molecule has 0 N–H and O–H groups in total. The molecule has 2 aromatic carbocycles. The van der Waals surface area contributed by atoms with Crippen LogP contribution in [0.2, 0.25) is 0 Å². The first-order valence-electron chi connectivity index (χ1n) is 9.76. The second-order valence-electron chi connectivity index (χ2n) is 7.25. The minimum atomic E-state index is -3.57. The van der Waals surface area contributed by atoms with Crippen molar-refractivity contribution in [3.63, 3.8) is 0 Å². The molecule has 8 nitrogen and oxygen atoms in total. The lowest BCUT2D eigenvalue weighted by atomic mass is 10.1. The van der Waals surface area contributed by atoms with E-state index in [0.29, 0.717) is 31.6 Å². The highest BCUT2D eigenvalue weighted by molar-refractivity contribution is 7.89. The molecular formula is C21H23N5O3S. The Kier molecular flexibility index (Phi) is 5.65. The van der Waals surface area contributed by atoms with E-state index in [4.69, 9.17) is 0 Å². The number of aromatic nitrogens is 3. The molecule has 0 unspecified atom stereocenters. The number of amides is 1. The summed E-state index contributed by atoms with van der Waals surface area (Å²) in [6.07, 6.45) is 3.63. The zero-order valence-electron chi connectivity index (χ0n) is 16.7. The molecule has 0 atom stereocenters. The third kappa shape index (κ3) is 4.12. The van der Waals surface area contributed by atoms with Crippen LogP contribution in [-0.2, 0) is 10.0 Å². The number of sulfonamides is 1. The van der Waals surface area contributed by atoms with Crippen LogP contribution in [0, 0.1) is 6.92 Å². The zero-order chi connectivity index (χ0) is 21.1. The molecule has 0 radical (unpaired) electrons. The van der Waals surface area contributed by atoms with Crippen LogP contribution in [0.1, 0.15) is 22.3 Å². The summed E-state index contributed by atoms with van der Waals surface area (Å²) in [6, 6.07) is 14.0. The zero-order valence-corrected chi connectivity index (χ0v) is 17.5. The summed E-state index contributed by atoms with van der Waals surface area (Å²) in [5.41, 5.74) is 2.39. The van der Waals surface area contributed by atoms with Crippen LogP contribution in [0.3, 0.4) is 0 Å². The van der Waals surface area contributed by atoms with Crippen molar-refractivity contribution < 1.29 is 13.2 Å². The van der Waals surface area contributed by atoms with Crippen LogP contribution >= 0.6 is 0 Å². The van der Waals surface area contributed by atoms with Crippen LogP contribution in [-0.4, -0.2) is 64.5 Å². The van der Waals surface area contributed by atoms with E-state index in [2.05, 4.69) is 10.1 Å². The molecule has 30 heavy (non-hydrogen) atoms. The number of hydrogen-bond donors (Lipinski definition) is 0. The van der Waals surface area contributed by atoms with Gasteiger partial charge in [-0.25, -0.2) is 18.1 Å². The van der Waals surface area contributed by atoms with Gasteiger partial charge in [0.2, 0.25) is 10.0 Å². The Morgan fingerprint density at radius 2 is 1.67 bits per heavy atom. The number of aryl methyl sites for hydroxylation is 1. The molecule has 1 saturated heterocycles. The highest BCUT2D eigenvalue weighted by Crippen LogP contribution is 2.19. The number of benzene rings is 2. The SMILES string of the molecule is Cc1ccc(S(=O)(=O)N2CCCN(C(=O)c3ccc(-n4cncn4)cc3)CC2)cc1. The largest absolute Gasteiger partial charge is 0.337 e. The van der Waals surface area contributed by atoms with Gasteiger partial charge in [-0.3, -0.25) is 4.79 Å². The van der Waals surface area contributed by atoms with E-state index < -0.39 is 10.0 Å². The predicted molar refractivity (Wildman–Crippen MR) is 112 cm³/mol. The molecule has 156 valence electrons. The van der Waals surface area contributed by atoms with E-state index >= 15 is 0 Å². The van der Waals surface area contributed by atoms with Crippen LogP contribution in [0.25, 0.3) is 5.69 Å². The van der Waals surface area contributed by atoms with E-state index in [-0.39, 0.29) is 17.3 Å². The van der Waals surface area contributed by atoms with Crippen molar-refractivity contribution in [3.05, 3.63) is 72.3 Å². The lowest BCUT2D eigenvalue weighted by Gasteiger charge is -2.22. The fourth-order valence-electron chi connectivity index (χ4n) is 3.48. The van der Waals surface area contributed by atoms with Crippen molar-refractivity contribution in [3.8, 4) is 5.69 Å². The maximum atomic E-state index is 13.0. The van der Waals surface area contributed by atoms with Gasteiger partial charge in [-0.15, -0.1) is 0 Å². The third-order valence-corrected chi connectivity index (χ3v) is 7.11. The third-order valence-electron chi connectivity index (χ3n) is 5.20. The minimum absolute atomic E-state index is 0.102. The molecule has 1 fully saturated rings. The second-order valence-corrected chi connectivity index (χ2v) is 9.19. The smallest absolute Gasteiger partial charge is 0.253 e. The molecule has 2 heterocycles. The fraction of sp³-hybridized carbons (Fsp3) is 0.286. The molecule has 4 rings (SSSR count). The standard InChI is InChI=1S/C21H23N5O3S/c1-17-3-9-20(10-4-17)30(28,29)25-12-2-11-24(13-14-25)21(27)18-5-7-19(8-6-18)26-16-22-15-23-26/h3-10,15-16H,2,11-14H2,1H3. The van der Waals surface area contributed by atoms with Crippen molar-refractivity contribution in [1.82, 2.24) is 24.0 Å². The Hall–Kier alpha value is -3.04. The summed E-state index contributed by atoms with van der Waals surface area (Å²) in [6.45, 7) is 3.47. The van der Waals surface area contributed by atoms with Crippen molar-refractivity contribution in [2.24, 2.45) is 0 Å². The summed E-state index contributed by atoms with van der Waals surface area (Å²) < 4.78 is 29.0. The molecule has 0 bridgehead atoms. The van der Waals surface area contributed by atoms with Crippen molar-refractivity contribution in [1.29, 1.82) is 0 Å². The van der Waals surface area contributed by atoms with Gasteiger partial charge in [0, 0.05) is 31.7 Å². The van der Waals surface area contributed by atoms with Crippen molar-refractivity contribution in [2.45, 2.75) is 18.2 Å². The summed E-state index contributed by atoms with van der Waals surface area (Å²) in [7, 11) is -3.57. The normalized spacial score (nSPS) is 15.7. The minimum Gasteiger partial charge on any atom is -0.337 e. The second kappa shape index (κ2) is 8.37. The molecular weight excluding hydrogens is 402 g/mol. The maximum Gasteiger partial charge on any atom is 0.253 e. The van der Waals surface area contributed by atoms with E-state index in [1.54, 1.807) is 52.3 Å². The highest BCUT2D eigenvalue weighted by atomic mass is 32.2. The van der Waals surface area contributed by atoms with Crippen LogP contribution in [0.5, 0.6) is 0 Å². The summed E-state index contributed by atoms with van der Waals surface area (Å²) in [5, 5.41) is 4.07. The number of carbonyl (C=O) groups excluding carboxylic acids is 1. The van der Waals surface area contributed by atoms with Crippen molar-refractivity contribution >= 4 is 15.9 Å². The van der Waals surface area contributed by atoms with Gasteiger partial charge >= 0.3 is 0 Å². The molecule has 9 heteroatoms. The van der Waals surface area contributed by atoms with Gasteiger partial charge in [0.1, 0.15) is 12.7 Å². The number of carbonyl (C=O) groups is 1. The van der Waals surface area contributed by atoms with Crippen molar-refractivity contribution in [2.75, 3.05) is 26.2 Å². The van der Waals surface area contributed by atoms with Gasteiger partial charge in [0.25, 0.3) is 5.91 Å². The monoisotopic (exact) mass is 425 g/mol. The lowest BCUT2D eigenvalue weighted by molar-refractivity contribution is 0.0764. The van der Waals surface area contributed by atoms with E-state index in [9.17, 15) is 13.2 Å². The van der Waals surface area contributed by atoms with Gasteiger partial charge in [0.05, 0.1) is 10.6 Å². The maximum absolute atomic E-state index is 13.0. The Morgan fingerprint density at radius 3 is 2.33 bits per heavy atom. The van der Waals surface area contributed by atoms with Gasteiger partial charge in [-0.05, 0) is 49.7 Å². The molecule has 1 aliphatic rings. The highest BCUT2D eigenvalue weighted by Gasteiger charge is 2.28. The Morgan fingerprint density at radius 1 is 0.933 bits per heavy atom. The predicted octanol–water partition coefficient (Wildman–Crippen LogP) is 2.11. The average Bonchev–Trinajstić information content (AvgIpc) is 3.17. The summed E-state index contributed by atoms with van der Waals surface area (Å²) >= 11 is 0. The van der Waals surface area contributed by atoms with E-state index in [1.807, 2.05) is 19.1 Å². The summed E-state index contributed by atoms with van der Waals surface area (Å²) in [4.78, 5) is 18.9. The van der Waals surface area contributed by atoms with E-state index in [1.165, 1.54) is 10.6 Å². The summed E-state index contributed by atoms with van der Waals surface area (Å²) in [5.74, 6) is -0.102. The first-order valence-corrected chi connectivity index (χ1v) is 11.2. The quantitative estimate of drug-likeness (QED) is 0.639. The fourth-order valence-corrected chi connectivity index (χ4v) is 4.95. The van der Waals surface area contributed by atoms with Gasteiger partial charge in [-0.2, -0.15) is 9.40 Å². The topological polar surface area (TPSA) is 88.4 Å². The Bertz CT molecular complexity index is 1110. The lowest BCUT2D eigenvalue weighted by Crippen LogP contribution is -2.37. The van der Waals surface area contributed by atoms with Gasteiger partial charge in [0.15, 0.2) is 0 Å². The van der Waals surface area contributed by atoms with Gasteiger partial charge in [-0.1, -0.05) is 17.7 Å². The number of rotatable bonds is 4. The molecule has 0 spiro atoms. The molecule has 1 amide bonds. The number of hydrogen-bond acceptors (Lipinski definition) is 5. The molecule has 0 aliphatic carbocycles. The van der Waals surface area contributed by atoms with Crippen LogP contribution < -0.4 is 0 Å². The van der Waals surface area contributed by atoms with Gasteiger partial charge < -0.3 is 4.90 Å². The van der Waals surface area contributed by atoms with Crippen LogP contribution in [0.4, 0.5) is 0 Å². The molecule has 0 saturated carbocycles. The van der Waals surface area contributed by atoms with Crippen LogP contribution in [0.15, 0.2) is 66.1 Å². The number of nitrogens with zero attached hydrogens (tertiary/aromatic N) is 5. The Labute approximate surface area is 175 Å².